The highest BCUT2D eigenvalue weighted by atomic mass is 16.7. The summed E-state index contributed by atoms with van der Waals surface area (Å²) in [7, 11) is 0. The minimum Gasteiger partial charge on any atom is -0.394 e. The second kappa shape index (κ2) is 31.2. The van der Waals surface area contributed by atoms with Crippen molar-refractivity contribution in [2.75, 3.05) is 85.9 Å². The predicted octanol–water partition coefficient (Wildman–Crippen LogP) is 0.466. The SMILES string of the molecule is CC(C)[C@H](OCCCCCOCC(C)(COCCCCCO[C@@H]1OC(CO)[C@H](O)C(O)[C@@H]1C)COCCCCCO[C@@H]1OC(CO)[C@H](O)C(O)[C@@H]1C)OC(CO)[C@H](O)CO. The Morgan fingerprint density at radius 2 is 0.950 bits per heavy atom. The summed E-state index contributed by atoms with van der Waals surface area (Å²) in [6.45, 7) is 11.8. The molecule has 0 aliphatic carbocycles. The lowest BCUT2D eigenvalue weighted by Gasteiger charge is -2.40. The van der Waals surface area contributed by atoms with Crippen molar-refractivity contribution < 1.29 is 88.6 Å². The Balaban J connectivity index is 1.73. The Labute approximate surface area is 357 Å². The van der Waals surface area contributed by atoms with Crippen LogP contribution in [0, 0.1) is 23.2 Å². The maximum atomic E-state index is 10.3. The summed E-state index contributed by atoms with van der Waals surface area (Å²) in [6, 6.07) is 0. The van der Waals surface area contributed by atoms with Crippen LogP contribution in [-0.2, 0) is 42.6 Å². The number of rotatable bonds is 35. The third kappa shape index (κ3) is 20.0. The van der Waals surface area contributed by atoms with Gasteiger partial charge in [0.25, 0.3) is 0 Å². The maximum absolute atomic E-state index is 10.3. The van der Waals surface area contributed by atoms with E-state index in [9.17, 15) is 46.0 Å². The zero-order valence-corrected chi connectivity index (χ0v) is 36.8. The molecule has 9 N–H and O–H groups in total. The molecule has 0 saturated carbocycles. The Kier molecular flexibility index (Phi) is 28.8. The minimum absolute atomic E-state index is 0.0172. The molecule has 60 heavy (non-hydrogen) atoms. The molecule has 5 unspecified atom stereocenters. The van der Waals surface area contributed by atoms with Gasteiger partial charge in [0, 0.05) is 62.8 Å². The van der Waals surface area contributed by atoms with Gasteiger partial charge in [-0.2, -0.15) is 0 Å². The topological polar surface area (TPSA) is 265 Å². The molecule has 358 valence electrons. The molecule has 2 fully saturated rings. The first-order chi connectivity index (χ1) is 28.7. The van der Waals surface area contributed by atoms with Crippen LogP contribution < -0.4 is 0 Å². The zero-order chi connectivity index (χ0) is 44.5. The highest BCUT2D eigenvalue weighted by Crippen LogP contribution is 2.28. The summed E-state index contributed by atoms with van der Waals surface area (Å²) >= 11 is 0. The normalized spacial score (nSPS) is 30.1. The van der Waals surface area contributed by atoms with Crippen LogP contribution in [-0.4, -0.2) is 200 Å². The van der Waals surface area contributed by atoms with Gasteiger partial charge >= 0.3 is 0 Å². The van der Waals surface area contributed by atoms with E-state index in [0.29, 0.717) is 59.5 Å². The monoisotopic (exact) mass is 875 g/mol. The molecule has 18 heteroatoms. The third-order valence-electron chi connectivity index (χ3n) is 11.0. The van der Waals surface area contributed by atoms with Gasteiger partial charge in [-0.05, 0) is 57.8 Å². The van der Waals surface area contributed by atoms with Gasteiger partial charge in [-0.15, -0.1) is 0 Å². The van der Waals surface area contributed by atoms with Crippen molar-refractivity contribution in [3.8, 4) is 0 Å². The molecular weight excluding hydrogens is 792 g/mol. The van der Waals surface area contributed by atoms with E-state index >= 15 is 0 Å². The van der Waals surface area contributed by atoms with Crippen LogP contribution in [0.5, 0.6) is 0 Å². The van der Waals surface area contributed by atoms with Gasteiger partial charge < -0.3 is 88.6 Å². The molecule has 2 heterocycles. The van der Waals surface area contributed by atoms with Crippen LogP contribution in [0.1, 0.15) is 92.4 Å². The van der Waals surface area contributed by atoms with Crippen molar-refractivity contribution in [3.05, 3.63) is 0 Å². The van der Waals surface area contributed by atoms with Crippen LogP contribution in [0.4, 0.5) is 0 Å². The summed E-state index contributed by atoms with van der Waals surface area (Å²) in [5.74, 6) is -0.880. The van der Waals surface area contributed by atoms with E-state index < -0.39 is 111 Å². The summed E-state index contributed by atoms with van der Waals surface area (Å²) in [5.41, 5.74) is -0.397. The van der Waals surface area contributed by atoms with E-state index in [0.717, 1.165) is 57.8 Å². The highest BCUT2D eigenvalue weighted by Gasteiger charge is 2.43. The Morgan fingerprint density at radius 3 is 1.32 bits per heavy atom. The molecule has 0 radical (unpaired) electrons. The fourth-order valence-corrected chi connectivity index (χ4v) is 6.88. The first-order valence-electron chi connectivity index (χ1n) is 22.1. The average Bonchev–Trinajstić information content (AvgIpc) is 3.24. The second-order valence-electron chi connectivity index (χ2n) is 17.1. The summed E-state index contributed by atoms with van der Waals surface area (Å²) in [6.07, 6.45) is -3.07. The van der Waals surface area contributed by atoms with E-state index in [4.69, 9.17) is 42.6 Å². The Hall–Kier alpha value is -0.720. The lowest BCUT2D eigenvalue weighted by Crippen LogP contribution is -2.55. The fourth-order valence-electron chi connectivity index (χ4n) is 6.88. The van der Waals surface area contributed by atoms with Gasteiger partial charge in [-0.1, -0.05) is 34.6 Å². The van der Waals surface area contributed by atoms with Gasteiger partial charge in [-0.25, -0.2) is 0 Å². The molecule has 0 aromatic heterocycles. The molecule has 0 aromatic carbocycles. The van der Waals surface area contributed by atoms with Gasteiger partial charge in [-0.3, -0.25) is 0 Å². The largest absolute Gasteiger partial charge is 0.394 e. The van der Waals surface area contributed by atoms with E-state index in [2.05, 4.69) is 6.92 Å². The number of aliphatic hydroxyl groups is 9. The molecule has 18 nitrogen and oxygen atoms in total. The Morgan fingerprint density at radius 1 is 0.550 bits per heavy atom. The molecule has 0 aromatic rings. The Bertz CT molecular complexity index is 989. The first kappa shape index (κ1) is 55.4. The van der Waals surface area contributed by atoms with Crippen LogP contribution in [0.3, 0.4) is 0 Å². The number of hydrogen-bond acceptors (Lipinski definition) is 18. The first-order valence-corrected chi connectivity index (χ1v) is 22.1. The molecule has 0 bridgehead atoms. The zero-order valence-electron chi connectivity index (χ0n) is 36.8. The van der Waals surface area contributed by atoms with Crippen LogP contribution in [0.2, 0.25) is 0 Å². The fraction of sp³-hybridized carbons (Fsp3) is 1.00. The van der Waals surface area contributed by atoms with Gasteiger partial charge in [0.1, 0.15) is 36.6 Å². The van der Waals surface area contributed by atoms with E-state index in [1.807, 2.05) is 13.8 Å². The molecule has 2 aliphatic rings. The van der Waals surface area contributed by atoms with Crippen LogP contribution >= 0.6 is 0 Å². The maximum Gasteiger partial charge on any atom is 0.163 e. The van der Waals surface area contributed by atoms with Gasteiger partial charge in [0.2, 0.25) is 0 Å². The summed E-state index contributed by atoms with van der Waals surface area (Å²) < 4.78 is 52.9. The molecule has 2 saturated heterocycles. The van der Waals surface area contributed by atoms with Crippen molar-refractivity contribution >= 4 is 0 Å². The van der Waals surface area contributed by atoms with E-state index in [1.54, 1.807) is 13.8 Å². The van der Waals surface area contributed by atoms with Crippen molar-refractivity contribution in [2.45, 2.75) is 160 Å². The molecule has 2 rings (SSSR count). The molecule has 13 atom stereocenters. The second-order valence-corrected chi connectivity index (χ2v) is 17.1. The van der Waals surface area contributed by atoms with Crippen molar-refractivity contribution in [2.24, 2.45) is 23.2 Å². The predicted molar refractivity (Wildman–Crippen MR) is 217 cm³/mol. The molecule has 0 amide bonds. The van der Waals surface area contributed by atoms with E-state index in [-0.39, 0.29) is 5.92 Å². The highest BCUT2D eigenvalue weighted by molar-refractivity contribution is 4.88. The number of hydrogen-bond donors (Lipinski definition) is 9. The molecule has 2 aliphatic heterocycles. The van der Waals surface area contributed by atoms with Gasteiger partial charge in [0.05, 0.1) is 58.5 Å². The van der Waals surface area contributed by atoms with Crippen molar-refractivity contribution in [3.63, 3.8) is 0 Å². The standard InChI is InChI=1S/C42H82O18/c1-28(2)39(58-32(22-44)31(47)21-43)55-18-12-6-9-15-52-25-42(5,26-53-16-10-7-13-19-56-40-29(3)35(48)37(50)33(23-45)59-40)27-54-17-11-8-14-20-57-41-30(4)36(49)38(51)34(24-46)60-41/h28-41,43-51H,6-27H2,1-5H3/t29-,30-,31+,32?,33?,34?,35?,36?,37-,38-,39+,40+,41+,42?/m0/s1. The van der Waals surface area contributed by atoms with Crippen LogP contribution in [0.25, 0.3) is 0 Å². The molecule has 0 spiro atoms. The lowest BCUT2D eigenvalue weighted by molar-refractivity contribution is -0.282. The van der Waals surface area contributed by atoms with Crippen LogP contribution in [0.15, 0.2) is 0 Å². The van der Waals surface area contributed by atoms with Crippen molar-refractivity contribution in [1.29, 1.82) is 0 Å². The minimum atomic E-state index is -1.19. The molecular formula is C42H82O18. The lowest BCUT2D eigenvalue weighted by atomic mass is 9.92. The average molecular weight is 875 g/mol. The van der Waals surface area contributed by atoms with Crippen molar-refractivity contribution in [1.82, 2.24) is 0 Å². The number of unbranched alkanes of at least 4 members (excludes halogenated alkanes) is 6. The quantitative estimate of drug-likeness (QED) is 0.0310. The van der Waals surface area contributed by atoms with E-state index in [1.165, 1.54) is 0 Å². The number of aliphatic hydroxyl groups excluding tert-OH is 9. The summed E-state index contributed by atoms with van der Waals surface area (Å²) in [5, 5.41) is 88.1. The summed E-state index contributed by atoms with van der Waals surface area (Å²) in [4.78, 5) is 0. The third-order valence-corrected chi connectivity index (χ3v) is 11.0. The number of ether oxygens (including phenoxy) is 9. The van der Waals surface area contributed by atoms with Gasteiger partial charge in [0.15, 0.2) is 18.9 Å². The smallest absolute Gasteiger partial charge is 0.163 e.